The Morgan fingerprint density at radius 3 is 2.49 bits per heavy atom. The number of carbonyl (C=O) groups is 4. The predicted octanol–water partition coefficient (Wildman–Crippen LogP) is 1.43. The molecule has 2 fully saturated rings. The molecule has 6 N–H and O–H groups in total. The third-order valence-electron chi connectivity index (χ3n) is 10.2. The fourth-order valence-corrected chi connectivity index (χ4v) is 7.66. The monoisotopic (exact) mass is 704 g/mol. The highest BCUT2D eigenvalue weighted by atomic mass is 16.7. The summed E-state index contributed by atoms with van der Waals surface area (Å²) in [5, 5.41) is 57.5. The predicted molar refractivity (Wildman–Crippen MR) is 174 cm³/mol. The summed E-state index contributed by atoms with van der Waals surface area (Å²) in [6.45, 7) is 0.898. The molecule has 0 radical (unpaired) electrons. The van der Waals surface area contributed by atoms with Crippen molar-refractivity contribution in [2.75, 3.05) is 27.1 Å². The van der Waals surface area contributed by atoms with Crippen LogP contribution in [0.15, 0.2) is 42.5 Å². The van der Waals surface area contributed by atoms with Crippen LogP contribution in [0.25, 0.3) is 0 Å². The average Bonchev–Trinajstić information content (AvgIpc) is 3.53. The number of amides is 1. The molecule has 3 aromatic rings. The van der Waals surface area contributed by atoms with Gasteiger partial charge in [0.1, 0.15) is 48.0 Å². The highest BCUT2D eigenvalue weighted by Gasteiger charge is 2.51. The molecule has 1 amide bonds. The number of aromatic hydroxyl groups is 3. The van der Waals surface area contributed by atoms with E-state index in [1.165, 1.54) is 37.4 Å². The Morgan fingerprint density at radius 1 is 1.02 bits per heavy atom. The molecule has 268 valence electrons. The van der Waals surface area contributed by atoms with Gasteiger partial charge in [-0.05, 0) is 25.1 Å². The van der Waals surface area contributed by atoms with E-state index in [1.807, 2.05) is 4.90 Å². The van der Waals surface area contributed by atoms with Crippen molar-refractivity contribution >= 4 is 23.3 Å². The fraction of sp³-hybridized carbons (Fsp3) is 0.389. The smallest absolute Gasteiger partial charge is 0.256 e. The Kier molecular flexibility index (Phi) is 8.81. The number of benzene rings is 3. The summed E-state index contributed by atoms with van der Waals surface area (Å²) in [4.78, 5) is 55.2. The first-order chi connectivity index (χ1) is 24.4. The number of carbonyl (C=O) groups excluding carboxylic acids is 4. The molecule has 51 heavy (non-hydrogen) atoms. The summed E-state index contributed by atoms with van der Waals surface area (Å²) in [6, 6.07) is 10.1. The van der Waals surface area contributed by atoms with Crippen LogP contribution in [0.5, 0.6) is 23.0 Å². The van der Waals surface area contributed by atoms with Gasteiger partial charge in [-0.3, -0.25) is 24.1 Å². The van der Waals surface area contributed by atoms with Gasteiger partial charge in [0, 0.05) is 42.0 Å². The van der Waals surface area contributed by atoms with E-state index in [0.717, 1.165) is 0 Å². The summed E-state index contributed by atoms with van der Waals surface area (Å²) in [7, 11) is 1.32. The zero-order valence-electron chi connectivity index (χ0n) is 27.6. The molecular weight excluding hydrogens is 668 g/mol. The van der Waals surface area contributed by atoms with E-state index >= 15 is 0 Å². The highest BCUT2D eigenvalue weighted by Crippen LogP contribution is 2.52. The molecule has 2 heterocycles. The summed E-state index contributed by atoms with van der Waals surface area (Å²) in [5.74, 6) is -4.51. The number of fused-ring (bicyclic) bond motifs is 4. The van der Waals surface area contributed by atoms with Gasteiger partial charge in [-0.25, -0.2) is 0 Å². The minimum Gasteiger partial charge on any atom is -0.507 e. The van der Waals surface area contributed by atoms with Crippen LogP contribution in [0.1, 0.15) is 79.2 Å². The minimum atomic E-state index is -2.29. The molecule has 0 saturated carbocycles. The molecule has 2 aliphatic heterocycles. The molecule has 6 atom stereocenters. The molecule has 0 aromatic heterocycles. The normalized spacial score (nSPS) is 26.9. The second-order valence-corrected chi connectivity index (χ2v) is 13.1. The van der Waals surface area contributed by atoms with Gasteiger partial charge in [0.15, 0.2) is 17.9 Å². The van der Waals surface area contributed by atoms with Crippen LogP contribution in [-0.2, 0) is 25.4 Å². The van der Waals surface area contributed by atoms with E-state index in [0.29, 0.717) is 0 Å². The Labute approximate surface area is 290 Å². The summed E-state index contributed by atoms with van der Waals surface area (Å²) >= 11 is 0. The number of methoxy groups -OCH3 is 1. The maximum Gasteiger partial charge on any atom is 0.256 e. The third-order valence-corrected chi connectivity index (χ3v) is 10.2. The van der Waals surface area contributed by atoms with Gasteiger partial charge in [0.2, 0.25) is 5.78 Å². The van der Waals surface area contributed by atoms with Gasteiger partial charge in [-0.2, -0.15) is 0 Å². The lowest BCUT2D eigenvalue weighted by Crippen LogP contribution is -2.53. The van der Waals surface area contributed by atoms with Crippen LogP contribution in [0.4, 0.5) is 0 Å². The number of Topliss-reactive ketones (excluding diaryl/α,β-unsaturated/α-hetero) is 1. The standard InChI is InChI=1S/C36H36N2O13/c1-16-34-20(38(15-49-34)14-37-35(46)17-6-3-4-8-21(17)40)10-25(50-16)51-23-12-36(47,24(41)13-39)11-19-27(23)33(45)29-28(31(19)43)30(42)18-7-5-9-22(48-2)26(18)32(29)44/h3-9,16,20,23,25,34,39-40,43,45,47H,10-15H2,1-2H3,(H,37,46)/t16-,20-,23-,25-,34+,36-/m0/s1. The number of rotatable bonds is 8. The van der Waals surface area contributed by atoms with Gasteiger partial charge in [-0.1, -0.05) is 24.3 Å². The van der Waals surface area contributed by atoms with Gasteiger partial charge in [0.05, 0.1) is 48.2 Å². The van der Waals surface area contributed by atoms with Crippen molar-refractivity contribution in [2.24, 2.45) is 0 Å². The van der Waals surface area contributed by atoms with Crippen LogP contribution in [0.3, 0.4) is 0 Å². The number of hydrogen-bond donors (Lipinski definition) is 6. The quantitative estimate of drug-likeness (QED) is 0.143. The van der Waals surface area contributed by atoms with Crippen LogP contribution >= 0.6 is 0 Å². The number of aliphatic hydroxyl groups excluding tert-OH is 1. The SMILES string of the molecule is COc1cccc2c1C(=O)c1c(O)c3c(c(O)c1C2=O)C[C@@](O)(C(=O)CO)C[C@@H]3O[C@H]1C[C@H]2[C@H](OCN2CNC(=O)c2ccccc2O)[C@H](C)O1. The molecule has 0 bridgehead atoms. The first-order valence-corrected chi connectivity index (χ1v) is 16.3. The van der Waals surface area contributed by atoms with Crippen LogP contribution < -0.4 is 10.1 Å². The zero-order valence-corrected chi connectivity index (χ0v) is 27.6. The van der Waals surface area contributed by atoms with E-state index in [9.17, 15) is 44.7 Å². The highest BCUT2D eigenvalue weighted by molar-refractivity contribution is 6.31. The molecule has 0 spiro atoms. The number of hydrogen-bond acceptors (Lipinski definition) is 14. The van der Waals surface area contributed by atoms with Crippen molar-refractivity contribution in [3.63, 3.8) is 0 Å². The molecule has 2 aliphatic carbocycles. The lowest BCUT2D eigenvalue weighted by Gasteiger charge is -2.43. The largest absolute Gasteiger partial charge is 0.507 e. The maximum atomic E-state index is 13.9. The Balaban J connectivity index is 1.21. The fourth-order valence-electron chi connectivity index (χ4n) is 7.66. The van der Waals surface area contributed by atoms with E-state index in [2.05, 4.69) is 5.32 Å². The third kappa shape index (κ3) is 5.62. The van der Waals surface area contributed by atoms with Crippen molar-refractivity contribution in [3.05, 3.63) is 81.4 Å². The Hall–Kier alpha value is -4.90. The first-order valence-electron chi connectivity index (χ1n) is 16.3. The number of phenols is 3. The van der Waals surface area contributed by atoms with Crippen molar-refractivity contribution < 1.29 is 63.7 Å². The van der Waals surface area contributed by atoms with Crippen molar-refractivity contribution in [1.82, 2.24) is 10.2 Å². The number of aliphatic hydroxyl groups is 2. The molecular formula is C36H36N2O13. The van der Waals surface area contributed by atoms with Gasteiger partial charge >= 0.3 is 0 Å². The molecule has 3 aromatic carbocycles. The topological polar surface area (TPSA) is 222 Å². The average molecular weight is 705 g/mol. The number of nitrogens with zero attached hydrogens (tertiary/aromatic N) is 1. The Morgan fingerprint density at radius 2 is 1.76 bits per heavy atom. The first kappa shape index (κ1) is 34.5. The molecule has 4 aliphatic rings. The van der Waals surface area contributed by atoms with Crippen LogP contribution in [-0.4, -0.2) is 111 Å². The summed E-state index contributed by atoms with van der Waals surface area (Å²) in [6.07, 6.45) is -4.35. The van der Waals surface area contributed by atoms with E-state index in [4.69, 9.17) is 18.9 Å². The second kappa shape index (κ2) is 13.0. The number of para-hydroxylation sites is 1. The van der Waals surface area contributed by atoms with Crippen molar-refractivity contribution in [3.8, 4) is 23.0 Å². The van der Waals surface area contributed by atoms with E-state index in [1.54, 1.807) is 19.1 Å². The van der Waals surface area contributed by atoms with Gasteiger partial charge in [0.25, 0.3) is 5.91 Å². The number of phenolic OH excluding ortho intramolecular Hbond substituents is 3. The molecule has 15 heteroatoms. The van der Waals surface area contributed by atoms with Gasteiger partial charge < -0.3 is 49.8 Å². The molecule has 7 rings (SSSR count). The number of ether oxygens (including phenoxy) is 4. The molecule has 0 unspecified atom stereocenters. The minimum absolute atomic E-state index is 0.0483. The lowest BCUT2D eigenvalue weighted by molar-refractivity contribution is -0.246. The number of nitrogens with one attached hydrogen (secondary N) is 1. The summed E-state index contributed by atoms with van der Waals surface area (Å²) in [5.41, 5.74) is -3.63. The van der Waals surface area contributed by atoms with Crippen LogP contribution in [0.2, 0.25) is 0 Å². The van der Waals surface area contributed by atoms with Gasteiger partial charge in [-0.15, -0.1) is 0 Å². The molecule has 2 saturated heterocycles. The molecule has 15 nitrogen and oxygen atoms in total. The lowest BCUT2D eigenvalue weighted by atomic mass is 9.72. The second-order valence-electron chi connectivity index (χ2n) is 13.1. The Bertz CT molecular complexity index is 1960. The van der Waals surface area contributed by atoms with Crippen molar-refractivity contribution in [1.29, 1.82) is 0 Å². The number of ketones is 3. The van der Waals surface area contributed by atoms with Crippen LogP contribution in [0, 0.1) is 0 Å². The zero-order chi connectivity index (χ0) is 36.4. The maximum absolute atomic E-state index is 13.9. The summed E-state index contributed by atoms with van der Waals surface area (Å²) < 4.78 is 23.8. The van der Waals surface area contributed by atoms with E-state index < -0.39 is 95.5 Å². The van der Waals surface area contributed by atoms with Crippen molar-refractivity contribution in [2.45, 2.75) is 62.4 Å². The van der Waals surface area contributed by atoms with E-state index in [-0.39, 0.29) is 65.2 Å².